The first kappa shape index (κ1) is 11.0. The molecule has 1 aliphatic carbocycles. The Balaban J connectivity index is 2.16. The number of rotatable bonds is 6. The van der Waals surface area contributed by atoms with Crippen LogP contribution in [0, 0.1) is 5.41 Å². The quantitative estimate of drug-likeness (QED) is 0.529. The summed E-state index contributed by atoms with van der Waals surface area (Å²) in [5.41, 5.74) is 5.59. The summed E-state index contributed by atoms with van der Waals surface area (Å²) in [6, 6.07) is 0. The lowest BCUT2D eigenvalue weighted by Crippen LogP contribution is -2.35. The van der Waals surface area contributed by atoms with Gasteiger partial charge >= 0.3 is 0 Å². The molecule has 0 aliphatic heterocycles. The Morgan fingerprint density at radius 2 is 2.00 bits per heavy atom. The van der Waals surface area contributed by atoms with Gasteiger partial charge in [-0.25, -0.2) is 0 Å². The molecule has 0 aromatic rings. The highest BCUT2D eigenvalue weighted by atomic mass is 16.3. The van der Waals surface area contributed by atoms with E-state index < -0.39 is 0 Å². The lowest BCUT2D eigenvalue weighted by atomic mass is 9.87. The van der Waals surface area contributed by atoms with Crippen LogP contribution in [0.25, 0.3) is 0 Å². The van der Waals surface area contributed by atoms with Gasteiger partial charge in [0.1, 0.15) is 0 Å². The van der Waals surface area contributed by atoms with E-state index in [1.807, 2.05) is 0 Å². The largest absolute Gasteiger partial charge is 0.396 e. The Morgan fingerprint density at radius 1 is 1.31 bits per heavy atom. The van der Waals surface area contributed by atoms with Gasteiger partial charge in [-0.05, 0) is 32.4 Å². The molecule has 0 radical (unpaired) electrons. The molecule has 0 spiro atoms. The summed E-state index contributed by atoms with van der Waals surface area (Å²) in [5, 5.41) is 12.7. The van der Waals surface area contributed by atoms with Crippen LogP contribution >= 0.6 is 0 Å². The van der Waals surface area contributed by atoms with E-state index in [4.69, 9.17) is 5.73 Å². The lowest BCUT2D eigenvalue weighted by Gasteiger charge is -2.26. The van der Waals surface area contributed by atoms with Gasteiger partial charge in [-0.2, -0.15) is 0 Å². The molecule has 78 valence electrons. The normalized spacial score (nSPS) is 20.8. The van der Waals surface area contributed by atoms with Crippen LogP contribution in [0.1, 0.15) is 32.1 Å². The van der Waals surface area contributed by atoms with E-state index in [0.717, 1.165) is 26.1 Å². The summed E-state index contributed by atoms with van der Waals surface area (Å²) in [4.78, 5) is 0. The average molecular weight is 186 g/mol. The SMILES string of the molecule is NCCCNCC1(CO)CCCC1. The van der Waals surface area contributed by atoms with E-state index in [9.17, 15) is 5.11 Å². The van der Waals surface area contributed by atoms with E-state index in [1.165, 1.54) is 25.7 Å². The van der Waals surface area contributed by atoms with Crippen molar-refractivity contribution in [3.63, 3.8) is 0 Å². The molecular weight excluding hydrogens is 164 g/mol. The highest BCUT2D eigenvalue weighted by Gasteiger charge is 2.32. The van der Waals surface area contributed by atoms with Crippen molar-refractivity contribution in [1.82, 2.24) is 5.32 Å². The number of nitrogens with two attached hydrogens (primary N) is 1. The minimum Gasteiger partial charge on any atom is -0.396 e. The zero-order valence-corrected chi connectivity index (χ0v) is 8.39. The standard InChI is InChI=1S/C10H22N2O/c11-6-3-7-12-8-10(9-13)4-1-2-5-10/h12-13H,1-9,11H2. The second-order valence-electron chi connectivity index (χ2n) is 4.18. The second-order valence-corrected chi connectivity index (χ2v) is 4.18. The molecule has 3 nitrogen and oxygen atoms in total. The van der Waals surface area contributed by atoms with Crippen molar-refractivity contribution in [2.75, 3.05) is 26.2 Å². The van der Waals surface area contributed by atoms with Gasteiger partial charge in [-0.1, -0.05) is 12.8 Å². The first-order valence-electron chi connectivity index (χ1n) is 5.35. The third kappa shape index (κ3) is 3.25. The van der Waals surface area contributed by atoms with E-state index in [1.54, 1.807) is 0 Å². The summed E-state index contributed by atoms with van der Waals surface area (Å²) in [7, 11) is 0. The lowest BCUT2D eigenvalue weighted by molar-refractivity contribution is 0.128. The number of hydrogen-bond donors (Lipinski definition) is 3. The molecule has 0 bridgehead atoms. The number of aliphatic hydroxyl groups excluding tert-OH is 1. The van der Waals surface area contributed by atoms with Gasteiger partial charge in [-0.3, -0.25) is 0 Å². The van der Waals surface area contributed by atoms with E-state index >= 15 is 0 Å². The fraction of sp³-hybridized carbons (Fsp3) is 1.00. The van der Waals surface area contributed by atoms with Crippen molar-refractivity contribution in [2.24, 2.45) is 11.1 Å². The molecule has 0 aromatic heterocycles. The minimum atomic E-state index is 0.189. The smallest absolute Gasteiger partial charge is 0.0499 e. The average Bonchev–Trinajstić information content (AvgIpc) is 2.62. The fourth-order valence-corrected chi connectivity index (χ4v) is 2.10. The van der Waals surface area contributed by atoms with Crippen molar-refractivity contribution in [2.45, 2.75) is 32.1 Å². The number of nitrogens with one attached hydrogen (secondary N) is 1. The summed E-state index contributed by atoms with van der Waals surface area (Å²) in [6.45, 7) is 3.03. The maximum Gasteiger partial charge on any atom is 0.0499 e. The molecule has 0 atom stereocenters. The first-order valence-corrected chi connectivity index (χ1v) is 5.35. The minimum absolute atomic E-state index is 0.189. The Morgan fingerprint density at radius 3 is 2.54 bits per heavy atom. The summed E-state index contributed by atoms with van der Waals surface area (Å²) < 4.78 is 0. The maximum atomic E-state index is 9.31. The van der Waals surface area contributed by atoms with Crippen LogP contribution in [0.5, 0.6) is 0 Å². The summed E-state index contributed by atoms with van der Waals surface area (Å²) >= 11 is 0. The predicted octanol–water partition coefficient (Wildman–Crippen LogP) is 0.477. The third-order valence-corrected chi connectivity index (χ3v) is 3.06. The van der Waals surface area contributed by atoms with Crippen LogP contribution in [0.2, 0.25) is 0 Å². The zero-order valence-electron chi connectivity index (χ0n) is 8.39. The van der Waals surface area contributed by atoms with Gasteiger partial charge in [0.05, 0.1) is 0 Å². The second kappa shape index (κ2) is 5.58. The van der Waals surface area contributed by atoms with Crippen LogP contribution in [0.15, 0.2) is 0 Å². The highest BCUT2D eigenvalue weighted by molar-refractivity contribution is 4.85. The predicted molar refractivity (Wildman–Crippen MR) is 54.5 cm³/mol. The molecule has 1 aliphatic rings. The Labute approximate surface area is 80.7 Å². The molecule has 0 unspecified atom stereocenters. The Hall–Kier alpha value is -0.120. The van der Waals surface area contributed by atoms with Crippen LogP contribution in [-0.4, -0.2) is 31.3 Å². The molecule has 1 rings (SSSR count). The van der Waals surface area contributed by atoms with Gasteiger partial charge in [0, 0.05) is 18.6 Å². The van der Waals surface area contributed by atoms with Gasteiger partial charge < -0.3 is 16.2 Å². The van der Waals surface area contributed by atoms with Crippen molar-refractivity contribution >= 4 is 0 Å². The molecule has 3 heteroatoms. The van der Waals surface area contributed by atoms with Crippen LogP contribution in [-0.2, 0) is 0 Å². The molecule has 0 heterocycles. The zero-order chi connectivity index (χ0) is 9.57. The molecule has 1 fully saturated rings. The molecular formula is C10H22N2O. The van der Waals surface area contributed by atoms with Crippen LogP contribution in [0.3, 0.4) is 0 Å². The van der Waals surface area contributed by atoms with Crippen molar-refractivity contribution in [1.29, 1.82) is 0 Å². The van der Waals surface area contributed by atoms with Gasteiger partial charge in [-0.15, -0.1) is 0 Å². The van der Waals surface area contributed by atoms with E-state index in [2.05, 4.69) is 5.32 Å². The van der Waals surface area contributed by atoms with Crippen LogP contribution < -0.4 is 11.1 Å². The Bertz CT molecular complexity index is 133. The Kier molecular flexibility index (Phi) is 4.70. The monoisotopic (exact) mass is 186 g/mol. The molecule has 0 saturated heterocycles. The first-order chi connectivity index (χ1) is 6.33. The van der Waals surface area contributed by atoms with E-state index in [0.29, 0.717) is 6.61 Å². The molecule has 1 saturated carbocycles. The number of aliphatic hydroxyl groups is 1. The van der Waals surface area contributed by atoms with Crippen molar-refractivity contribution < 1.29 is 5.11 Å². The third-order valence-electron chi connectivity index (χ3n) is 3.06. The summed E-state index contributed by atoms with van der Waals surface area (Å²) in [6.07, 6.45) is 5.94. The molecule has 4 N–H and O–H groups in total. The fourth-order valence-electron chi connectivity index (χ4n) is 2.10. The maximum absolute atomic E-state index is 9.31. The number of hydrogen-bond acceptors (Lipinski definition) is 3. The molecule has 13 heavy (non-hydrogen) atoms. The van der Waals surface area contributed by atoms with Gasteiger partial charge in [0.15, 0.2) is 0 Å². The summed E-state index contributed by atoms with van der Waals surface area (Å²) in [5.74, 6) is 0. The van der Waals surface area contributed by atoms with Crippen LogP contribution in [0.4, 0.5) is 0 Å². The van der Waals surface area contributed by atoms with Crippen molar-refractivity contribution in [3.8, 4) is 0 Å². The molecule has 0 aromatic carbocycles. The van der Waals surface area contributed by atoms with Gasteiger partial charge in [0.25, 0.3) is 0 Å². The van der Waals surface area contributed by atoms with E-state index in [-0.39, 0.29) is 5.41 Å². The topological polar surface area (TPSA) is 58.3 Å². The van der Waals surface area contributed by atoms with Gasteiger partial charge in [0.2, 0.25) is 0 Å². The highest BCUT2D eigenvalue weighted by Crippen LogP contribution is 2.36. The molecule has 0 amide bonds. The van der Waals surface area contributed by atoms with Crippen molar-refractivity contribution in [3.05, 3.63) is 0 Å².